The summed E-state index contributed by atoms with van der Waals surface area (Å²) in [6.07, 6.45) is 0. The molecule has 0 fully saturated rings. The zero-order chi connectivity index (χ0) is 18.1. The Morgan fingerprint density at radius 1 is 0.808 bits per heavy atom. The van der Waals surface area contributed by atoms with E-state index in [1.54, 1.807) is 0 Å². The van der Waals surface area contributed by atoms with Gasteiger partial charge in [-0.15, -0.1) is 0 Å². The molecule has 0 spiro atoms. The fourth-order valence-electron chi connectivity index (χ4n) is 3.60. The highest BCUT2D eigenvalue weighted by Gasteiger charge is 2.29. The van der Waals surface area contributed by atoms with Crippen molar-refractivity contribution in [3.8, 4) is 16.9 Å². The predicted molar refractivity (Wildman–Crippen MR) is 106 cm³/mol. The third-order valence-electron chi connectivity index (χ3n) is 5.10. The van der Waals surface area contributed by atoms with Gasteiger partial charge < -0.3 is 9.84 Å². The number of fused-ring (bicyclic) bond motifs is 3. The summed E-state index contributed by atoms with van der Waals surface area (Å²) in [5.41, 5.74) is 6.43. The number of hydrogen-bond acceptors (Lipinski definition) is 2. The van der Waals surface area contributed by atoms with E-state index in [0.29, 0.717) is 6.61 Å². The van der Waals surface area contributed by atoms with Crippen molar-refractivity contribution in [1.82, 2.24) is 0 Å². The van der Waals surface area contributed by atoms with E-state index in [0.717, 1.165) is 5.75 Å². The van der Waals surface area contributed by atoms with Crippen molar-refractivity contribution in [2.24, 2.45) is 5.41 Å². The maximum absolute atomic E-state index is 9.37. The summed E-state index contributed by atoms with van der Waals surface area (Å²) in [4.78, 5) is 0. The molecule has 0 heterocycles. The molecule has 2 nitrogen and oxygen atoms in total. The lowest BCUT2D eigenvalue weighted by Gasteiger charge is -2.22. The fourth-order valence-corrected chi connectivity index (χ4v) is 3.60. The van der Waals surface area contributed by atoms with Crippen molar-refractivity contribution >= 4 is 0 Å². The summed E-state index contributed by atoms with van der Waals surface area (Å²) < 4.78 is 5.86. The van der Waals surface area contributed by atoms with Crippen molar-refractivity contribution in [2.75, 3.05) is 13.2 Å². The van der Waals surface area contributed by atoms with Gasteiger partial charge in [0.25, 0.3) is 0 Å². The third-order valence-corrected chi connectivity index (χ3v) is 5.10. The van der Waals surface area contributed by atoms with Crippen molar-refractivity contribution in [3.05, 3.63) is 89.5 Å². The van der Waals surface area contributed by atoms with E-state index in [-0.39, 0.29) is 17.9 Å². The van der Waals surface area contributed by atoms with Crippen LogP contribution in [0.2, 0.25) is 0 Å². The lowest BCUT2D eigenvalue weighted by molar-refractivity contribution is 0.0975. The Morgan fingerprint density at radius 3 is 1.88 bits per heavy atom. The summed E-state index contributed by atoms with van der Waals surface area (Å²) in [6, 6.07) is 25.7. The van der Waals surface area contributed by atoms with E-state index in [1.807, 2.05) is 26.0 Å². The van der Waals surface area contributed by atoms with Crippen LogP contribution in [0.25, 0.3) is 11.1 Å². The summed E-state index contributed by atoms with van der Waals surface area (Å²) in [7, 11) is 0. The molecule has 0 amide bonds. The van der Waals surface area contributed by atoms with E-state index in [1.165, 1.54) is 27.8 Å². The highest BCUT2D eigenvalue weighted by Crippen LogP contribution is 2.47. The first-order valence-electron chi connectivity index (χ1n) is 9.11. The van der Waals surface area contributed by atoms with Crippen molar-refractivity contribution in [1.29, 1.82) is 0 Å². The molecule has 3 aromatic rings. The third kappa shape index (κ3) is 3.02. The highest BCUT2D eigenvalue weighted by molar-refractivity contribution is 5.80. The maximum atomic E-state index is 9.37. The smallest absolute Gasteiger partial charge is 0.119 e. The van der Waals surface area contributed by atoms with Gasteiger partial charge in [-0.2, -0.15) is 0 Å². The minimum atomic E-state index is -0.234. The molecule has 0 atom stereocenters. The maximum Gasteiger partial charge on any atom is 0.119 e. The van der Waals surface area contributed by atoms with Gasteiger partial charge in [0.1, 0.15) is 5.75 Å². The number of benzene rings is 3. The number of ether oxygens (including phenoxy) is 1. The Hall–Kier alpha value is -2.58. The van der Waals surface area contributed by atoms with Crippen LogP contribution in [0.1, 0.15) is 36.5 Å². The molecular weight excluding hydrogens is 320 g/mol. The first kappa shape index (κ1) is 16.9. The summed E-state index contributed by atoms with van der Waals surface area (Å²) in [5.74, 6) is 1.11. The molecule has 1 aliphatic rings. The van der Waals surface area contributed by atoms with Crippen LogP contribution < -0.4 is 4.74 Å². The largest absolute Gasteiger partial charge is 0.493 e. The highest BCUT2D eigenvalue weighted by atomic mass is 16.5. The van der Waals surface area contributed by atoms with Gasteiger partial charge in [-0.1, -0.05) is 74.5 Å². The first-order chi connectivity index (χ1) is 12.6. The van der Waals surface area contributed by atoms with Crippen LogP contribution >= 0.6 is 0 Å². The summed E-state index contributed by atoms with van der Waals surface area (Å²) in [5, 5.41) is 9.37. The van der Waals surface area contributed by atoms with Crippen LogP contribution in [0.15, 0.2) is 72.8 Å². The molecule has 0 bridgehead atoms. The Morgan fingerprint density at radius 2 is 1.35 bits per heavy atom. The molecule has 26 heavy (non-hydrogen) atoms. The average Bonchev–Trinajstić information content (AvgIpc) is 3.01. The lowest BCUT2D eigenvalue weighted by atomic mass is 9.89. The van der Waals surface area contributed by atoms with Crippen LogP contribution in [0.4, 0.5) is 0 Å². The topological polar surface area (TPSA) is 29.5 Å². The van der Waals surface area contributed by atoms with Gasteiger partial charge in [-0.05, 0) is 39.9 Å². The Balaban J connectivity index is 1.64. The normalized spacial score (nSPS) is 13.3. The Bertz CT molecular complexity index is 864. The minimum Gasteiger partial charge on any atom is -0.493 e. The zero-order valence-corrected chi connectivity index (χ0v) is 15.3. The molecule has 132 valence electrons. The van der Waals surface area contributed by atoms with Crippen LogP contribution in [0.5, 0.6) is 5.75 Å². The minimum absolute atomic E-state index is 0.112. The summed E-state index contributed by atoms with van der Waals surface area (Å²) in [6.45, 7) is 4.60. The van der Waals surface area contributed by atoms with Gasteiger partial charge in [0.2, 0.25) is 0 Å². The molecular formula is C24H24O2. The SMILES string of the molecule is CC(C)(CO)COc1ccc(C2c3ccccc3-c3ccccc32)cc1. The number of rotatable bonds is 5. The molecule has 2 heteroatoms. The fraction of sp³-hybridized carbons (Fsp3) is 0.250. The van der Waals surface area contributed by atoms with Crippen molar-refractivity contribution in [2.45, 2.75) is 19.8 Å². The van der Waals surface area contributed by atoms with Gasteiger partial charge in [0.15, 0.2) is 0 Å². The Labute approximate surface area is 155 Å². The second-order valence-corrected chi connectivity index (χ2v) is 7.79. The molecule has 0 saturated carbocycles. The molecule has 0 unspecified atom stereocenters. The zero-order valence-electron chi connectivity index (χ0n) is 15.3. The van der Waals surface area contributed by atoms with Crippen LogP contribution in [-0.2, 0) is 0 Å². The van der Waals surface area contributed by atoms with Crippen LogP contribution in [0.3, 0.4) is 0 Å². The summed E-state index contributed by atoms with van der Waals surface area (Å²) >= 11 is 0. The van der Waals surface area contributed by atoms with E-state index >= 15 is 0 Å². The molecule has 4 rings (SSSR count). The molecule has 1 N–H and O–H groups in total. The standard InChI is InChI=1S/C24H24O2/c1-24(2,15-25)16-26-18-13-11-17(12-14-18)23-21-9-5-3-7-19(21)20-8-4-6-10-22(20)23/h3-14,23,25H,15-16H2,1-2H3. The lowest BCUT2D eigenvalue weighted by Crippen LogP contribution is -2.25. The molecule has 1 aliphatic carbocycles. The number of hydrogen-bond donors (Lipinski definition) is 1. The molecule has 3 aromatic carbocycles. The second-order valence-electron chi connectivity index (χ2n) is 7.79. The molecule has 0 radical (unpaired) electrons. The van der Waals surface area contributed by atoms with E-state index in [4.69, 9.17) is 4.74 Å². The van der Waals surface area contributed by atoms with Crippen molar-refractivity contribution in [3.63, 3.8) is 0 Å². The molecule has 0 aliphatic heterocycles. The first-order valence-corrected chi connectivity index (χ1v) is 9.11. The van der Waals surface area contributed by atoms with Crippen LogP contribution in [-0.4, -0.2) is 18.3 Å². The molecule has 0 aromatic heterocycles. The Kier molecular flexibility index (Phi) is 4.29. The van der Waals surface area contributed by atoms with E-state index in [2.05, 4.69) is 60.7 Å². The van der Waals surface area contributed by atoms with Crippen molar-refractivity contribution < 1.29 is 9.84 Å². The van der Waals surface area contributed by atoms with Gasteiger partial charge in [-0.3, -0.25) is 0 Å². The van der Waals surface area contributed by atoms with Gasteiger partial charge >= 0.3 is 0 Å². The monoisotopic (exact) mass is 344 g/mol. The number of aliphatic hydroxyl groups is 1. The van der Waals surface area contributed by atoms with E-state index < -0.39 is 0 Å². The van der Waals surface area contributed by atoms with Gasteiger partial charge in [0, 0.05) is 11.3 Å². The second kappa shape index (κ2) is 6.62. The average molecular weight is 344 g/mol. The number of aliphatic hydroxyl groups excluding tert-OH is 1. The molecule has 0 saturated heterocycles. The van der Waals surface area contributed by atoms with E-state index in [9.17, 15) is 5.11 Å². The van der Waals surface area contributed by atoms with Gasteiger partial charge in [-0.25, -0.2) is 0 Å². The van der Waals surface area contributed by atoms with Crippen LogP contribution in [0, 0.1) is 5.41 Å². The predicted octanol–water partition coefficient (Wildman–Crippen LogP) is 5.24. The quantitative estimate of drug-likeness (QED) is 0.536. The van der Waals surface area contributed by atoms with Gasteiger partial charge in [0.05, 0.1) is 13.2 Å².